The quantitative estimate of drug-likeness (QED) is 0.354. The van der Waals surface area contributed by atoms with Gasteiger partial charge in [0, 0.05) is 17.1 Å². The summed E-state index contributed by atoms with van der Waals surface area (Å²) in [7, 11) is 0. The maximum atomic E-state index is 14.6. The van der Waals surface area contributed by atoms with E-state index in [1.807, 2.05) is 45.9 Å². The third kappa shape index (κ3) is 4.00. The molecule has 1 spiro atoms. The Bertz CT molecular complexity index is 1060. The Kier molecular flexibility index (Phi) is 7.38. The number of para-hydroxylation sites is 1. The number of benzene rings is 1. The number of carboxylic acid groups (broad SMARTS) is 1. The Balaban J connectivity index is 1.89. The van der Waals surface area contributed by atoms with Gasteiger partial charge in [-0.05, 0) is 43.7 Å². The topological polar surface area (TPSA) is 107 Å². The van der Waals surface area contributed by atoms with E-state index in [-0.39, 0.29) is 29.8 Å². The third-order valence-corrected chi connectivity index (χ3v) is 8.73. The number of alkyl halides is 1. The van der Waals surface area contributed by atoms with Gasteiger partial charge in [-0.1, -0.05) is 54.1 Å². The van der Waals surface area contributed by atoms with Gasteiger partial charge in [-0.25, -0.2) is 0 Å². The smallest absolute Gasteiger partial charge is 0.310 e. The fraction of sp³-hybridized carbons (Fsp3) is 0.593. The van der Waals surface area contributed by atoms with Crippen molar-refractivity contribution >= 4 is 39.4 Å². The normalized spacial score (nSPS) is 31.6. The number of carbonyl (C=O) groups excluding carboxylic acids is 2. The van der Waals surface area contributed by atoms with Crippen LogP contribution in [0.25, 0.3) is 0 Å². The number of aliphatic hydroxyl groups excluding tert-OH is 1. The molecule has 3 heterocycles. The molecule has 36 heavy (non-hydrogen) atoms. The minimum absolute atomic E-state index is 0.142. The third-order valence-electron chi connectivity index (χ3n) is 7.88. The van der Waals surface area contributed by atoms with Crippen molar-refractivity contribution in [2.75, 3.05) is 18.1 Å². The van der Waals surface area contributed by atoms with Crippen LogP contribution in [-0.2, 0) is 19.1 Å². The molecule has 3 fully saturated rings. The lowest BCUT2D eigenvalue weighted by molar-refractivity contribution is -0.151. The van der Waals surface area contributed by atoms with Gasteiger partial charge in [0.2, 0.25) is 5.91 Å². The molecule has 1 aromatic carbocycles. The molecule has 7 atom stereocenters. The van der Waals surface area contributed by atoms with E-state index in [9.17, 15) is 24.6 Å². The molecule has 3 saturated heterocycles. The maximum Gasteiger partial charge on any atom is 0.310 e. The summed E-state index contributed by atoms with van der Waals surface area (Å²) in [6, 6.07) is 4.06. The van der Waals surface area contributed by atoms with Crippen LogP contribution in [0.15, 0.2) is 30.9 Å². The second kappa shape index (κ2) is 9.91. The highest BCUT2D eigenvalue weighted by atomic mass is 79.9. The molecular formula is C27H35BrN2O6. The predicted molar refractivity (Wildman–Crippen MR) is 139 cm³/mol. The highest BCUT2D eigenvalue weighted by molar-refractivity contribution is 9.09. The SMILES string of the molecule is C=CCN(C(=O)C1N([C@@H](CO)CC(C)C)C(=O)[C@@H]2[C@@H](C(=O)O)[C@@H]3OC12CC3Br)c1c(C)cccc1C. The fourth-order valence-electron chi connectivity index (χ4n) is 6.64. The summed E-state index contributed by atoms with van der Waals surface area (Å²) in [5.41, 5.74) is 1.23. The summed E-state index contributed by atoms with van der Waals surface area (Å²) in [5.74, 6) is -3.81. The molecule has 0 radical (unpaired) electrons. The molecular weight excluding hydrogens is 528 g/mol. The first-order valence-corrected chi connectivity index (χ1v) is 13.4. The van der Waals surface area contributed by atoms with E-state index in [2.05, 4.69) is 22.5 Å². The van der Waals surface area contributed by atoms with E-state index in [0.717, 1.165) is 16.8 Å². The van der Waals surface area contributed by atoms with Crippen LogP contribution in [0.4, 0.5) is 5.69 Å². The van der Waals surface area contributed by atoms with Crippen LogP contribution in [0, 0.1) is 31.6 Å². The molecule has 196 valence electrons. The zero-order valence-electron chi connectivity index (χ0n) is 21.2. The number of amides is 2. The Hall–Kier alpha value is -2.23. The number of likely N-dealkylation sites (tertiary alicyclic amines) is 1. The zero-order valence-corrected chi connectivity index (χ0v) is 22.8. The standard InChI is InChI=1S/C27H35BrN2O6/c1-6-10-29(21-15(4)8-7-9-16(21)5)25(33)23-27-12-18(28)22(36-27)19(26(34)35)20(27)24(32)30(23)17(13-31)11-14(2)3/h6-9,14,17-20,22-23,31H,1,10-13H2,2-5H3,(H,34,35)/t17-,18?,19-,20+,22-,23?,27?/m1/s1. The highest BCUT2D eigenvalue weighted by Crippen LogP contribution is 2.60. The van der Waals surface area contributed by atoms with Crippen molar-refractivity contribution in [3.8, 4) is 0 Å². The fourth-order valence-corrected chi connectivity index (χ4v) is 7.58. The van der Waals surface area contributed by atoms with Gasteiger partial charge in [0.1, 0.15) is 11.6 Å². The van der Waals surface area contributed by atoms with E-state index >= 15 is 0 Å². The van der Waals surface area contributed by atoms with Crippen LogP contribution in [0.3, 0.4) is 0 Å². The van der Waals surface area contributed by atoms with E-state index in [4.69, 9.17) is 4.74 Å². The lowest BCUT2D eigenvalue weighted by Crippen LogP contribution is -2.59. The number of carboxylic acids is 1. The van der Waals surface area contributed by atoms with Crippen molar-refractivity contribution in [2.24, 2.45) is 17.8 Å². The number of aryl methyl sites for hydroxylation is 2. The van der Waals surface area contributed by atoms with E-state index < -0.39 is 47.5 Å². The molecule has 9 heteroatoms. The van der Waals surface area contributed by atoms with Crippen molar-refractivity contribution < 1.29 is 29.3 Å². The Morgan fingerprint density at radius 3 is 2.50 bits per heavy atom. The van der Waals surface area contributed by atoms with Crippen LogP contribution in [0.5, 0.6) is 0 Å². The summed E-state index contributed by atoms with van der Waals surface area (Å²) < 4.78 is 6.38. The van der Waals surface area contributed by atoms with Gasteiger partial charge >= 0.3 is 5.97 Å². The van der Waals surface area contributed by atoms with Crippen molar-refractivity contribution in [3.63, 3.8) is 0 Å². The first kappa shape index (κ1) is 26.8. The summed E-state index contributed by atoms with van der Waals surface area (Å²) in [6.45, 7) is 11.5. The average Bonchev–Trinajstić information content (AvgIpc) is 3.39. The number of carbonyl (C=O) groups is 3. The van der Waals surface area contributed by atoms with Gasteiger partial charge in [0.25, 0.3) is 5.91 Å². The molecule has 3 aliphatic heterocycles. The van der Waals surface area contributed by atoms with Crippen molar-refractivity contribution in [1.82, 2.24) is 4.90 Å². The van der Waals surface area contributed by atoms with E-state index in [1.54, 1.807) is 11.0 Å². The molecule has 2 bridgehead atoms. The molecule has 4 rings (SSSR count). The van der Waals surface area contributed by atoms with Crippen molar-refractivity contribution in [2.45, 2.75) is 69.2 Å². The monoisotopic (exact) mass is 562 g/mol. The highest BCUT2D eigenvalue weighted by Gasteiger charge is 2.77. The molecule has 0 saturated carbocycles. The Morgan fingerprint density at radius 1 is 1.33 bits per heavy atom. The Morgan fingerprint density at radius 2 is 1.97 bits per heavy atom. The molecule has 3 unspecified atom stereocenters. The summed E-state index contributed by atoms with van der Waals surface area (Å²) in [5, 5.41) is 20.4. The molecule has 0 aliphatic carbocycles. The molecule has 2 amide bonds. The van der Waals surface area contributed by atoms with Crippen molar-refractivity contribution in [3.05, 3.63) is 42.0 Å². The van der Waals surface area contributed by atoms with Gasteiger partial charge in [0.05, 0.1) is 30.6 Å². The number of aliphatic carboxylic acids is 1. The first-order chi connectivity index (χ1) is 17.0. The number of fused-ring (bicyclic) bond motifs is 1. The van der Waals surface area contributed by atoms with Crippen LogP contribution in [0.1, 0.15) is 37.8 Å². The number of halogens is 1. The lowest BCUT2D eigenvalue weighted by atomic mass is 9.70. The van der Waals surface area contributed by atoms with Crippen LogP contribution in [-0.4, -0.2) is 74.7 Å². The average molecular weight is 563 g/mol. The zero-order chi connectivity index (χ0) is 26.5. The first-order valence-electron chi connectivity index (χ1n) is 12.5. The molecule has 0 aromatic heterocycles. The minimum Gasteiger partial charge on any atom is -0.481 e. The van der Waals surface area contributed by atoms with Crippen molar-refractivity contribution in [1.29, 1.82) is 0 Å². The number of hydrogen-bond donors (Lipinski definition) is 2. The van der Waals surface area contributed by atoms with Gasteiger partial charge in [0.15, 0.2) is 0 Å². The number of anilines is 1. The molecule has 8 nitrogen and oxygen atoms in total. The summed E-state index contributed by atoms with van der Waals surface area (Å²) in [4.78, 5) is 43.7. The second-order valence-corrected chi connectivity index (χ2v) is 11.9. The number of aliphatic hydroxyl groups is 1. The van der Waals surface area contributed by atoms with Crippen LogP contribution in [0.2, 0.25) is 0 Å². The number of nitrogens with zero attached hydrogens (tertiary/aromatic N) is 2. The molecule has 3 aliphatic rings. The lowest BCUT2D eigenvalue weighted by Gasteiger charge is -2.40. The van der Waals surface area contributed by atoms with Gasteiger partial charge in [-0.3, -0.25) is 14.4 Å². The number of ether oxygens (including phenoxy) is 1. The summed E-state index contributed by atoms with van der Waals surface area (Å²) >= 11 is 3.57. The number of rotatable bonds is 9. The van der Waals surface area contributed by atoms with E-state index in [1.165, 1.54) is 4.90 Å². The minimum atomic E-state index is -1.30. The molecule has 1 aromatic rings. The Labute approximate surface area is 220 Å². The number of hydrogen-bond acceptors (Lipinski definition) is 5. The maximum absolute atomic E-state index is 14.6. The second-order valence-electron chi connectivity index (χ2n) is 10.7. The summed E-state index contributed by atoms with van der Waals surface area (Å²) in [6.07, 6.45) is 1.73. The van der Waals surface area contributed by atoms with Gasteiger partial charge in [-0.15, -0.1) is 6.58 Å². The molecule has 2 N–H and O–H groups in total. The largest absolute Gasteiger partial charge is 0.481 e. The van der Waals surface area contributed by atoms with Crippen LogP contribution < -0.4 is 4.90 Å². The van der Waals surface area contributed by atoms with Gasteiger partial charge in [-0.2, -0.15) is 0 Å². The van der Waals surface area contributed by atoms with Crippen LogP contribution >= 0.6 is 15.9 Å². The predicted octanol–water partition coefficient (Wildman–Crippen LogP) is 3.06. The van der Waals surface area contributed by atoms with Gasteiger partial charge < -0.3 is 24.7 Å². The van der Waals surface area contributed by atoms with E-state index in [0.29, 0.717) is 12.8 Å².